The average Bonchev–Trinajstić information content (AvgIpc) is 3.42. The molecule has 0 atom stereocenters. The Morgan fingerprint density at radius 3 is 1.04 bits per heavy atom. The summed E-state index contributed by atoms with van der Waals surface area (Å²) in [5, 5.41) is 0. The zero-order valence-electron chi connectivity index (χ0n) is 13.2. The van der Waals surface area contributed by atoms with Crippen molar-refractivity contribution < 1.29 is 34.1 Å². The molecular formula is C21H19Fe2Si. The van der Waals surface area contributed by atoms with Gasteiger partial charge in [-0.15, -0.1) is 0 Å². The van der Waals surface area contributed by atoms with Gasteiger partial charge >= 0.3 is 34.1 Å². The molecule has 0 aliphatic rings. The van der Waals surface area contributed by atoms with E-state index in [4.69, 9.17) is 0 Å². The Morgan fingerprint density at radius 1 is 0.542 bits per heavy atom. The van der Waals surface area contributed by atoms with E-state index in [2.05, 4.69) is 58.8 Å². The first-order valence-corrected chi connectivity index (χ1v) is 7.93. The van der Waals surface area contributed by atoms with Crippen molar-refractivity contribution in [3.63, 3.8) is 0 Å². The van der Waals surface area contributed by atoms with Gasteiger partial charge in [0, 0.05) is 10.2 Å². The quantitative estimate of drug-likeness (QED) is 0.315. The van der Waals surface area contributed by atoms with Crippen molar-refractivity contribution in [1.29, 1.82) is 0 Å². The third kappa shape index (κ3) is 8.49. The largest absolute Gasteiger partial charge is 2.00 e. The van der Waals surface area contributed by atoms with Crippen molar-refractivity contribution in [2.24, 2.45) is 0 Å². The van der Waals surface area contributed by atoms with Crippen LogP contribution in [0.15, 0.2) is 109 Å². The van der Waals surface area contributed by atoms with E-state index in [-0.39, 0.29) is 34.1 Å². The number of rotatable bonds is 2. The molecule has 0 aliphatic carbocycles. The van der Waals surface area contributed by atoms with E-state index < -0.39 is 0 Å². The van der Waals surface area contributed by atoms with Crippen LogP contribution >= 0.6 is 0 Å². The molecule has 0 nitrogen and oxygen atoms in total. The number of hydrogen-bond donors (Lipinski definition) is 0. The Balaban J connectivity index is 0.000000370. The van der Waals surface area contributed by atoms with Gasteiger partial charge in [-0.05, 0) is 0 Å². The molecule has 4 aromatic carbocycles. The third-order valence-corrected chi connectivity index (χ3v) is 3.82. The Kier molecular flexibility index (Phi) is 13.3. The SMILES string of the molecule is [Fe+2].[Fe+2].[Si]C([c-]1cccc1)[c-]1cccc1.c1cc[cH-]c1.c1cc[cH-]c1. The monoisotopic (exact) mass is 411 g/mol. The van der Waals surface area contributed by atoms with Gasteiger partial charge in [-0.2, -0.15) is 71.8 Å². The van der Waals surface area contributed by atoms with Gasteiger partial charge in [-0.25, -0.2) is 48.5 Å². The minimum Gasteiger partial charge on any atom is -0.214 e. The molecule has 4 aromatic rings. The standard InChI is InChI=1S/C11H9Si.2C5H5.2Fe/c12-11(9-5-1-2-6-9)10-7-3-4-8-10;2*1-2-4-5-3-1;;/h1-8,11H;2*1-5H;;/q-2;2*-1;2*+2. The molecule has 3 radical (unpaired) electrons. The minimum atomic E-state index is 0. The fourth-order valence-electron chi connectivity index (χ4n) is 2.00. The van der Waals surface area contributed by atoms with Gasteiger partial charge in [0.1, 0.15) is 0 Å². The topological polar surface area (TPSA) is 0 Å². The Hall–Kier alpha value is -1.34. The van der Waals surface area contributed by atoms with Gasteiger partial charge in [0.2, 0.25) is 0 Å². The molecule has 24 heavy (non-hydrogen) atoms. The van der Waals surface area contributed by atoms with Crippen LogP contribution in [-0.2, 0) is 34.1 Å². The number of hydrogen-bond acceptors (Lipinski definition) is 0. The van der Waals surface area contributed by atoms with Crippen molar-refractivity contribution >= 4 is 10.2 Å². The van der Waals surface area contributed by atoms with Crippen LogP contribution in [0.25, 0.3) is 0 Å². The van der Waals surface area contributed by atoms with Crippen molar-refractivity contribution in [3.05, 3.63) is 120 Å². The molecular weight excluding hydrogens is 392 g/mol. The van der Waals surface area contributed by atoms with Crippen LogP contribution in [0, 0.1) is 0 Å². The Bertz CT molecular complexity index is 553. The van der Waals surface area contributed by atoms with E-state index >= 15 is 0 Å². The Labute approximate surface area is 169 Å². The van der Waals surface area contributed by atoms with Gasteiger partial charge in [0.15, 0.2) is 0 Å². The summed E-state index contributed by atoms with van der Waals surface area (Å²) in [6.07, 6.45) is 0. The van der Waals surface area contributed by atoms with E-state index in [0.717, 1.165) is 0 Å². The summed E-state index contributed by atoms with van der Waals surface area (Å²) in [5.74, 6) is 0. The molecule has 0 saturated heterocycles. The van der Waals surface area contributed by atoms with Gasteiger partial charge in [0.25, 0.3) is 0 Å². The molecule has 0 spiro atoms. The summed E-state index contributed by atoms with van der Waals surface area (Å²) < 4.78 is 0. The van der Waals surface area contributed by atoms with Crippen LogP contribution in [0.4, 0.5) is 0 Å². The van der Waals surface area contributed by atoms with Gasteiger partial charge in [0.05, 0.1) is 0 Å². The van der Waals surface area contributed by atoms with Crippen LogP contribution in [-0.4, -0.2) is 10.2 Å². The van der Waals surface area contributed by atoms with Gasteiger partial charge in [-0.1, -0.05) is 5.54 Å². The molecule has 0 aromatic heterocycles. The predicted molar refractivity (Wildman–Crippen MR) is 95.7 cm³/mol. The van der Waals surface area contributed by atoms with Crippen LogP contribution in [0.5, 0.6) is 0 Å². The van der Waals surface area contributed by atoms with Crippen molar-refractivity contribution in [2.45, 2.75) is 5.54 Å². The van der Waals surface area contributed by atoms with Crippen LogP contribution in [0.1, 0.15) is 16.7 Å². The molecule has 0 heterocycles. The van der Waals surface area contributed by atoms with E-state index in [1.54, 1.807) is 0 Å². The summed E-state index contributed by atoms with van der Waals surface area (Å²) in [7, 11) is 3.70. The first-order chi connectivity index (χ1) is 10.9. The maximum atomic E-state index is 3.70. The van der Waals surface area contributed by atoms with E-state index in [1.807, 2.05) is 60.7 Å². The third-order valence-electron chi connectivity index (χ3n) is 3.15. The second kappa shape index (κ2) is 14.0. The van der Waals surface area contributed by atoms with Crippen LogP contribution in [0.3, 0.4) is 0 Å². The van der Waals surface area contributed by atoms with Crippen molar-refractivity contribution in [3.8, 4) is 0 Å². The molecule has 0 amide bonds. The maximum Gasteiger partial charge on any atom is 2.00 e. The molecule has 4 rings (SSSR count). The first kappa shape index (κ1) is 22.7. The fourth-order valence-corrected chi connectivity index (χ4v) is 2.38. The minimum absolute atomic E-state index is 0. The molecule has 0 N–H and O–H groups in total. The molecule has 0 unspecified atom stereocenters. The predicted octanol–water partition coefficient (Wildman–Crippen LogP) is 5.19. The van der Waals surface area contributed by atoms with E-state index in [0.29, 0.717) is 5.54 Å². The molecule has 0 saturated carbocycles. The van der Waals surface area contributed by atoms with Crippen molar-refractivity contribution in [1.82, 2.24) is 0 Å². The summed E-state index contributed by atoms with van der Waals surface area (Å²) in [5.41, 5.74) is 2.98. The molecule has 123 valence electrons. The van der Waals surface area contributed by atoms with Gasteiger partial charge in [-0.3, -0.25) is 0 Å². The normalized spacial score (nSPS) is 8.75. The summed E-state index contributed by atoms with van der Waals surface area (Å²) in [6, 6.07) is 36.8. The van der Waals surface area contributed by atoms with Crippen LogP contribution in [0.2, 0.25) is 0 Å². The van der Waals surface area contributed by atoms with Gasteiger partial charge < -0.3 is 0 Å². The second-order valence-corrected chi connectivity index (χ2v) is 5.37. The summed E-state index contributed by atoms with van der Waals surface area (Å²) in [6.45, 7) is 0. The average molecular weight is 411 g/mol. The Morgan fingerprint density at radius 2 is 0.833 bits per heavy atom. The molecule has 3 heteroatoms. The summed E-state index contributed by atoms with van der Waals surface area (Å²) in [4.78, 5) is 0. The zero-order valence-corrected chi connectivity index (χ0v) is 16.4. The van der Waals surface area contributed by atoms with Crippen LogP contribution < -0.4 is 0 Å². The molecule has 0 fully saturated rings. The second-order valence-electron chi connectivity index (χ2n) is 4.79. The van der Waals surface area contributed by atoms with Crippen molar-refractivity contribution in [2.75, 3.05) is 0 Å². The van der Waals surface area contributed by atoms with E-state index in [9.17, 15) is 0 Å². The first-order valence-electron chi connectivity index (χ1n) is 7.35. The van der Waals surface area contributed by atoms with E-state index in [1.165, 1.54) is 11.1 Å². The molecule has 0 aliphatic heterocycles. The smallest absolute Gasteiger partial charge is 0.214 e. The summed E-state index contributed by atoms with van der Waals surface area (Å²) >= 11 is 0. The zero-order chi connectivity index (χ0) is 15.5. The molecule has 0 bridgehead atoms. The fraction of sp³-hybridized carbons (Fsp3) is 0.0476. The maximum absolute atomic E-state index is 3.70.